The topological polar surface area (TPSA) is 91.8 Å². The van der Waals surface area contributed by atoms with Crippen LogP contribution in [0.3, 0.4) is 0 Å². The lowest BCUT2D eigenvalue weighted by atomic mass is 10.0. The summed E-state index contributed by atoms with van der Waals surface area (Å²) in [5.74, 6) is -0.485. The monoisotopic (exact) mass is 349 g/mol. The van der Waals surface area contributed by atoms with E-state index in [0.717, 1.165) is 18.9 Å². The minimum atomic E-state index is -1.03. The Kier molecular flexibility index (Phi) is 6.36. The van der Waals surface area contributed by atoms with Crippen LogP contribution in [0.2, 0.25) is 0 Å². The van der Waals surface area contributed by atoms with E-state index in [9.17, 15) is 14.7 Å². The van der Waals surface area contributed by atoms with E-state index in [4.69, 9.17) is 4.74 Å². The summed E-state index contributed by atoms with van der Waals surface area (Å²) >= 11 is 0. The number of nitrogens with one attached hydrogen (secondary N) is 1. The van der Waals surface area contributed by atoms with Crippen LogP contribution >= 0.6 is 0 Å². The molecule has 1 amide bonds. The van der Waals surface area contributed by atoms with Crippen LogP contribution in [0.1, 0.15) is 44.5 Å². The van der Waals surface area contributed by atoms with Gasteiger partial charge in [-0.15, -0.1) is 0 Å². The van der Waals surface area contributed by atoms with Gasteiger partial charge < -0.3 is 20.1 Å². The molecule has 2 rings (SSSR count). The molecule has 2 N–H and O–H groups in total. The molecule has 3 unspecified atom stereocenters. The number of nitrogens with zero attached hydrogens (tertiary/aromatic N) is 2. The Morgan fingerprint density at radius 1 is 1.32 bits per heavy atom. The van der Waals surface area contributed by atoms with Crippen LogP contribution in [0, 0.1) is 5.92 Å². The Labute approximate surface area is 148 Å². The van der Waals surface area contributed by atoms with Gasteiger partial charge in [0.15, 0.2) is 0 Å². The van der Waals surface area contributed by atoms with Crippen LogP contribution in [-0.2, 0) is 9.53 Å². The lowest BCUT2D eigenvalue weighted by Crippen LogP contribution is -2.45. The number of carboxylic acids is 1. The van der Waals surface area contributed by atoms with Gasteiger partial charge in [0.1, 0.15) is 11.9 Å². The number of carboxylic acid groups (broad SMARTS) is 1. The van der Waals surface area contributed by atoms with Crippen molar-refractivity contribution in [3.63, 3.8) is 0 Å². The Hall–Kier alpha value is -2.15. The molecule has 7 heteroatoms. The zero-order valence-electron chi connectivity index (χ0n) is 15.2. The molecule has 138 valence electrons. The quantitative estimate of drug-likeness (QED) is 0.815. The standard InChI is InChI=1S/C18H27N3O4/c1-11(2)7-15(18(23)24)20-17(22)14-5-6-16(19-8-14)21-9-12(3)25-13(4)10-21/h5-6,8,11-13,15H,7,9-10H2,1-4H3,(H,20,22)(H,23,24). The normalized spacial score (nSPS) is 21.9. The molecule has 0 aromatic carbocycles. The molecule has 7 nitrogen and oxygen atoms in total. The number of carbonyl (C=O) groups is 2. The number of hydrogen-bond acceptors (Lipinski definition) is 5. The SMILES string of the molecule is CC(C)CC(NC(=O)c1ccc(N2CC(C)OC(C)C2)nc1)C(=O)O. The van der Waals surface area contributed by atoms with E-state index in [-0.39, 0.29) is 18.1 Å². The van der Waals surface area contributed by atoms with Gasteiger partial charge in [-0.25, -0.2) is 9.78 Å². The van der Waals surface area contributed by atoms with Crippen molar-refractivity contribution >= 4 is 17.7 Å². The van der Waals surface area contributed by atoms with Crippen molar-refractivity contribution in [1.29, 1.82) is 0 Å². The van der Waals surface area contributed by atoms with Crippen molar-refractivity contribution in [2.75, 3.05) is 18.0 Å². The largest absolute Gasteiger partial charge is 0.480 e. The first-order valence-electron chi connectivity index (χ1n) is 8.66. The molecule has 0 radical (unpaired) electrons. The predicted octanol–water partition coefficient (Wildman–Crippen LogP) is 1.92. The minimum Gasteiger partial charge on any atom is -0.480 e. The van der Waals surface area contributed by atoms with E-state index in [1.165, 1.54) is 6.20 Å². The zero-order valence-corrected chi connectivity index (χ0v) is 15.2. The lowest BCUT2D eigenvalue weighted by Gasteiger charge is -2.36. The number of anilines is 1. The summed E-state index contributed by atoms with van der Waals surface area (Å²) in [6.45, 7) is 9.37. The summed E-state index contributed by atoms with van der Waals surface area (Å²) < 4.78 is 5.71. The molecule has 1 saturated heterocycles. The molecular weight excluding hydrogens is 322 g/mol. The van der Waals surface area contributed by atoms with Crippen molar-refractivity contribution in [3.8, 4) is 0 Å². The summed E-state index contributed by atoms with van der Waals surface area (Å²) in [7, 11) is 0. The molecule has 25 heavy (non-hydrogen) atoms. The van der Waals surface area contributed by atoms with Crippen LogP contribution in [-0.4, -0.2) is 53.3 Å². The molecule has 1 aliphatic rings. The number of carbonyl (C=O) groups excluding carboxylic acids is 1. The van der Waals surface area contributed by atoms with Crippen LogP contribution in [0.15, 0.2) is 18.3 Å². The highest BCUT2D eigenvalue weighted by atomic mass is 16.5. The van der Waals surface area contributed by atoms with Crippen molar-refractivity contribution in [2.24, 2.45) is 5.92 Å². The molecule has 1 aromatic rings. The molecule has 0 spiro atoms. The average molecular weight is 349 g/mol. The van der Waals surface area contributed by atoms with E-state index in [1.54, 1.807) is 12.1 Å². The summed E-state index contributed by atoms with van der Waals surface area (Å²) in [5.41, 5.74) is 0.355. The summed E-state index contributed by atoms with van der Waals surface area (Å²) in [6.07, 6.45) is 2.13. The fourth-order valence-electron chi connectivity index (χ4n) is 3.01. The fourth-order valence-corrected chi connectivity index (χ4v) is 3.01. The van der Waals surface area contributed by atoms with Gasteiger partial charge in [-0.2, -0.15) is 0 Å². The van der Waals surface area contributed by atoms with Crippen molar-refractivity contribution in [1.82, 2.24) is 10.3 Å². The average Bonchev–Trinajstić information content (AvgIpc) is 2.53. The van der Waals surface area contributed by atoms with Gasteiger partial charge in [0.05, 0.1) is 17.8 Å². The summed E-state index contributed by atoms with van der Waals surface area (Å²) in [4.78, 5) is 30.1. The number of ether oxygens (including phenoxy) is 1. The van der Waals surface area contributed by atoms with E-state index < -0.39 is 17.9 Å². The van der Waals surface area contributed by atoms with E-state index in [2.05, 4.69) is 15.2 Å². The molecule has 0 bridgehead atoms. The molecule has 2 heterocycles. The van der Waals surface area contributed by atoms with Crippen LogP contribution in [0.5, 0.6) is 0 Å². The smallest absolute Gasteiger partial charge is 0.326 e. The molecule has 1 aromatic heterocycles. The van der Waals surface area contributed by atoms with Gasteiger partial charge >= 0.3 is 5.97 Å². The number of pyridine rings is 1. The number of rotatable bonds is 6. The van der Waals surface area contributed by atoms with Gasteiger partial charge in [-0.05, 0) is 38.3 Å². The van der Waals surface area contributed by atoms with Gasteiger partial charge in [0, 0.05) is 19.3 Å². The maximum atomic E-state index is 12.3. The van der Waals surface area contributed by atoms with E-state index >= 15 is 0 Å². The number of aliphatic carboxylic acids is 1. The number of morpholine rings is 1. The van der Waals surface area contributed by atoms with Gasteiger partial charge in [-0.1, -0.05) is 13.8 Å². The first-order valence-corrected chi connectivity index (χ1v) is 8.66. The van der Waals surface area contributed by atoms with Crippen LogP contribution in [0.25, 0.3) is 0 Å². The first kappa shape index (κ1) is 19.2. The van der Waals surface area contributed by atoms with Gasteiger partial charge in [0.25, 0.3) is 5.91 Å². The zero-order chi connectivity index (χ0) is 18.6. The highest BCUT2D eigenvalue weighted by molar-refractivity contribution is 5.96. The van der Waals surface area contributed by atoms with E-state index in [0.29, 0.717) is 12.0 Å². The van der Waals surface area contributed by atoms with Crippen molar-refractivity contribution in [2.45, 2.75) is 52.4 Å². The second kappa shape index (κ2) is 8.29. The third-order valence-corrected chi connectivity index (χ3v) is 4.06. The highest BCUT2D eigenvalue weighted by Gasteiger charge is 2.24. The molecule has 0 aliphatic carbocycles. The fraction of sp³-hybridized carbons (Fsp3) is 0.611. The first-order chi connectivity index (χ1) is 11.8. The number of amides is 1. The second-order valence-electron chi connectivity index (χ2n) is 7.06. The van der Waals surface area contributed by atoms with Crippen molar-refractivity contribution < 1.29 is 19.4 Å². The van der Waals surface area contributed by atoms with Crippen LogP contribution < -0.4 is 10.2 Å². The maximum Gasteiger partial charge on any atom is 0.326 e. The Bertz CT molecular complexity index is 593. The summed E-state index contributed by atoms with van der Waals surface area (Å²) in [5, 5.41) is 11.8. The van der Waals surface area contributed by atoms with Gasteiger partial charge in [0.2, 0.25) is 0 Å². The van der Waals surface area contributed by atoms with Crippen LogP contribution in [0.4, 0.5) is 5.82 Å². The van der Waals surface area contributed by atoms with Crippen molar-refractivity contribution in [3.05, 3.63) is 23.9 Å². The van der Waals surface area contributed by atoms with Gasteiger partial charge in [-0.3, -0.25) is 4.79 Å². The molecule has 0 saturated carbocycles. The Morgan fingerprint density at radius 2 is 1.96 bits per heavy atom. The predicted molar refractivity (Wildman–Crippen MR) is 94.8 cm³/mol. The maximum absolute atomic E-state index is 12.3. The molecule has 1 aliphatic heterocycles. The summed E-state index contributed by atoms with van der Waals surface area (Å²) in [6, 6.07) is 2.57. The van der Waals surface area contributed by atoms with E-state index in [1.807, 2.05) is 27.7 Å². The Morgan fingerprint density at radius 3 is 2.44 bits per heavy atom. The molecular formula is C18H27N3O4. The second-order valence-corrected chi connectivity index (χ2v) is 7.06. The molecule has 1 fully saturated rings. The lowest BCUT2D eigenvalue weighted by molar-refractivity contribution is -0.139. The highest BCUT2D eigenvalue weighted by Crippen LogP contribution is 2.18. The number of hydrogen-bond donors (Lipinski definition) is 2. The molecule has 3 atom stereocenters. The third kappa shape index (κ3) is 5.42. The third-order valence-electron chi connectivity index (χ3n) is 4.06. The Balaban J connectivity index is 2.03. The minimum absolute atomic E-state index is 0.126. The number of aromatic nitrogens is 1.